The lowest BCUT2D eigenvalue weighted by atomic mass is 9.92. The van der Waals surface area contributed by atoms with Crippen LogP contribution in [0.2, 0.25) is 0 Å². The normalized spacial score (nSPS) is 24.9. The summed E-state index contributed by atoms with van der Waals surface area (Å²) in [4.78, 5) is 14.1. The van der Waals surface area contributed by atoms with Crippen LogP contribution in [0.1, 0.15) is 46.0 Å². The second-order valence-electron chi connectivity index (χ2n) is 6.55. The lowest BCUT2D eigenvalue weighted by Gasteiger charge is -2.34. The van der Waals surface area contributed by atoms with Crippen LogP contribution in [0.15, 0.2) is 0 Å². The molecular formula is C14H27N3O. The third-order valence-corrected chi connectivity index (χ3v) is 4.34. The largest absolute Gasteiger partial charge is 0.368 e. The zero-order chi connectivity index (χ0) is 13.3. The summed E-state index contributed by atoms with van der Waals surface area (Å²) in [6, 6.07) is 0.887. The first kappa shape index (κ1) is 13.8. The Balaban J connectivity index is 1.87. The summed E-state index contributed by atoms with van der Waals surface area (Å²) in [6.45, 7) is 5.30. The van der Waals surface area contributed by atoms with E-state index in [4.69, 9.17) is 5.73 Å². The molecule has 0 radical (unpaired) electrons. The first-order valence-electron chi connectivity index (χ1n) is 7.18. The fourth-order valence-electron chi connectivity index (χ4n) is 2.54. The van der Waals surface area contributed by atoms with Crippen LogP contribution < -0.4 is 11.1 Å². The Morgan fingerprint density at radius 3 is 2.50 bits per heavy atom. The maximum atomic E-state index is 11.7. The van der Waals surface area contributed by atoms with Crippen molar-refractivity contribution in [3.8, 4) is 0 Å². The van der Waals surface area contributed by atoms with Crippen LogP contribution >= 0.6 is 0 Å². The summed E-state index contributed by atoms with van der Waals surface area (Å²) in [7, 11) is 2.15. The van der Waals surface area contributed by atoms with E-state index in [1.807, 2.05) is 6.92 Å². The van der Waals surface area contributed by atoms with Crippen molar-refractivity contribution in [2.45, 2.75) is 63.6 Å². The number of nitrogens with one attached hydrogen (secondary N) is 1. The van der Waals surface area contributed by atoms with Gasteiger partial charge in [0.2, 0.25) is 5.91 Å². The number of hydrogen-bond acceptors (Lipinski definition) is 3. The summed E-state index contributed by atoms with van der Waals surface area (Å²) >= 11 is 0. The quantitative estimate of drug-likeness (QED) is 0.681. The van der Waals surface area contributed by atoms with Crippen LogP contribution in [0.3, 0.4) is 0 Å². The summed E-state index contributed by atoms with van der Waals surface area (Å²) in [5, 5.41) is 3.42. The van der Waals surface area contributed by atoms with Gasteiger partial charge in [-0.15, -0.1) is 0 Å². The molecule has 2 aliphatic rings. The highest BCUT2D eigenvalue weighted by Crippen LogP contribution is 2.31. The van der Waals surface area contributed by atoms with E-state index in [9.17, 15) is 4.79 Å². The average molecular weight is 253 g/mol. The molecule has 0 spiro atoms. The fourth-order valence-corrected chi connectivity index (χ4v) is 2.54. The van der Waals surface area contributed by atoms with Gasteiger partial charge in [-0.2, -0.15) is 0 Å². The molecule has 2 saturated carbocycles. The molecule has 2 atom stereocenters. The van der Waals surface area contributed by atoms with Crippen LogP contribution in [-0.2, 0) is 4.79 Å². The first-order chi connectivity index (χ1) is 8.40. The van der Waals surface area contributed by atoms with E-state index >= 15 is 0 Å². The Kier molecular flexibility index (Phi) is 3.97. The van der Waals surface area contributed by atoms with Crippen molar-refractivity contribution in [1.82, 2.24) is 10.2 Å². The van der Waals surface area contributed by atoms with E-state index in [2.05, 4.69) is 24.2 Å². The van der Waals surface area contributed by atoms with Crippen molar-refractivity contribution in [3.05, 3.63) is 0 Å². The number of nitrogens with two attached hydrogens (primary N) is 1. The Hall–Kier alpha value is -0.610. The number of carbonyl (C=O) groups excluding carboxylic acids is 1. The minimum absolute atomic E-state index is 0.221. The Labute approximate surface area is 110 Å². The van der Waals surface area contributed by atoms with Gasteiger partial charge in [-0.1, -0.05) is 0 Å². The molecule has 4 heteroatoms. The van der Waals surface area contributed by atoms with Crippen molar-refractivity contribution >= 4 is 5.91 Å². The molecular weight excluding hydrogens is 226 g/mol. The molecule has 2 rings (SSSR count). The van der Waals surface area contributed by atoms with E-state index < -0.39 is 5.54 Å². The number of amides is 1. The van der Waals surface area contributed by atoms with E-state index in [0.717, 1.165) is 18.9 Å². The molecule has 4 nitrogen and oxygen atoms in total. The maximum Gasteiger partial charge on any atom is 0.237 e. The van der Waals surface area contributed by atoms with Crippen molar-refractivity contribution in [2.24, 2.45) is 11.7 Å². The number of primary amides is 1. The van der Waals surface area contributed by atoms with Gasteiger partial charge in [-0.25, -0.2) is 0 Å². The molecule has 0 saturated heterocycles. The zero-order valence-corrected chi connectivity index (χ0v) is 11.9. The van der Waals surface area contributed by atoms with Crippen molar-refractivity contribution in [1.29, 1.82) is 0 Å². The van der Waals surface area contributed by atoms with E-state index in [0.29, 0.717) is 12.1 Å². The molecule has 2 aliphatic carbocycles. The third-order valence-electron chi connectivity index (χ3n) is 4.34. The first-order valence-corrected chi connectivity index (χ1v) is 7.18. The zero-order valence-electron chi connectivity index (χ0n) is 11.9. The summed E-state index contributed by atoms with van der Waals surface area (Å²) in [6.07, 6.45) is 5.88. The minimum atomic E-state index is -0.557. The van der Waals surface area contributed by atoms with Gasteiger partial charge in [-0.3, -0.25) is 4.79 Å². The van der Waals surface area contributed by atoms with Crippen molar-refractivity contribution < 1.29 is 4.79 Å². The second kappa shape index (κ2) is 5.17. The predicted octanol–water partition coefficient (Wildman–Crippen LogP) is 1.10. The topological polar surface area (TPSA) is 58.4 Å². The number of nitrogens with zero attached hydrogens (tertiary/aromatic N) is 1. The highest BCUT2D eigenvalue weighted by atomic mass is 16.1. The smallest absolute Gasteiger partial charge is 0.237 e. The van der Waals surface area contributed by atoms with Crippen molar-refractivity contribution in [3.63, 3.8) is 0 Å². The molecule has 2 unspecified atom stereocenters. The minimum Gasteiger partial charge on any atom is -0.368 e. The van der Waals surface area contributed by atoms with Gasteiger partial charge >= 0.3 is 0 Å². The summed E-state index contributed by atoms with van der Waals surface area (Å²) in [5.74, 6) is 0.662. The van der Waals surface area contributed by atoms with Gasteiger partial charge in [0, 0.05) is 18.6 Å². The lowest BCUT2D eigenvalue weighted by molar-refractivity contribution is -0.124. The van der Waals surface area contributed by atoms with Crippen LogP contribution in [0.4, 0.5) is 0 Å². The standard InChI is InChI=1S/C14H27N3O/c1-10(17(3)9-11-4-5-11)8-14(2,13(15)18)16-12-6-7-12/h10-12,16H,4-9H2,1-3H3,(H2,15,18). The maximum absolute atomic E-state index is 11.7. The summed E-state index contributed by atoms with van der Waals surface area (Å²) in [5.41, 5.74) is 5.03. The molecule has 18 heavy (non-hydrogen) atoms. The molecule has 1 amide bonds. The van der Waals surface area contributed by atoms with E-state index in [-0.39, 0.29) is 5.91 Å². The lowest BCUT2D eigenvalue weighted by Crippen LogP contribution is -2.56. The molecule has 0 aliphatic heterocycles. The number of rotatable bonds is 8. The molecule has 3 N–H and O–H groups in total. The molecule has 104 valence electrons. The van der Waals surface area contributed by atoms with Crippen LogP contribution in [0.25, 0.3) is 0 Å². The SMILES string of the molecule is CC(CC(C)(NC1CC1)C(N)=O)N(C)CC1CC1. The van der Waals surface area contributed by atoms with Gasteiger partial charge in [0.25, 0.3) is 0 Å². The second-order valence-corrected chi connectivity index (χ2v) is 6.55. The van der Waals surface area contributed by atoms with Gasteiger partial charge in [0.05, 0.1) is 5.54 Å². The predicted molar refractivity (Wildman–Crippen MR) is 73.2 cm³/mol. The highest BCUT2D eigenvalue weighted by Gasteiger charge is 2.39. The van der Waals surface area contributed by atoms with Crippen LogP contribution in [0.5, 0.6) is 0 Å². The monoisotopic (exact) mass is 253 g/mol. The fraction of sp³-hybridized carbons (Fsp3) is 0.929. The van der Waals surface area contributed by atoms with Crippen molar-refractivity contribution in [2.75, 3.05) is 13.6 Å². The average Bonchev–Trinajstić information content (AvgIpc) is 3.13. The molecule has 0 aromatic rings. The van der Waals surface area contributed by atoms with Gasteiger partial charge < -0.3 is 16.0 Å². The third kappa shape index (κ3) is 3.69. The molecule has 0 aromatic heterocycles. The summed E-state index contributed by atoms with van der Waals surface area (Å²) < 4.78 is 0. The molecule has 2 fully saturated rings. The Morgan fingerprint density at radius 2 is 2.06 bits per heavy atom. The van der Waals surface area contributed by atoms with Gasteiger partial charge in [0.1, 0.15) is 0 Å². The number of carbonyl (C=O) groups is 1. The van der Waals surface area contributed by atoms with E-state index in [1.165, 1.54) is 25.7 Å². The number of hydrogen-bond donors (Lipinski definition) is 2. The molecule has 0 heterocycles. The van der Waals surface area contributed by atoms with Gasteiger partial charge in [0.15, 0.2) is 0 Å². The van der Waals surface area contributed by atoms with Gasteiger partial charge in [-0.05, 0) is 58.9 Å². The van der Waals surface area contributed by atoms with Crippen LogP contribution in [0, 0.1) is 5.92 Å². The molecule has 0 bridgehead atoms. The Bertz CT molecular complexity index is 312. The highest BCUT2D eigenvalue weighted by molar-refractivity contribution is 5.84. The van der Waals surface area contributed by atoms with Crippen LogP contribution in [-0.4, -0.2) is 42.0 Å². The molecule has 0 aromatic carbocycles. The van der Waals surface area contributed by atoms with E-state index in [1.54, 1.807) is 0 Å². The Morgan fingerprint density at radius 1 is 1.44 bits per heavy atom.